The molecule has 36 heavy (non-hydrogen) atoms. The summed E-state index contributed by atoms with van der Waals surface area (Å²) >= 11 is 3.09. The van der Waals surface area contributed by atoms with Gasteiger partial charge in [-0.1, -0.05) is 6.07 Å². The van der Waals surface area contributed by atoms with E-state index in [0.29, 0.717) is 6.07 Å². The molecule has 1 heterocycles. The van der Waals surface area contributed by atoms with Gasteiger partial charge >= 0.3 is 12.1 Å². The van der Waals surface area contributed by atoms with E-state index in [1.165, 1.54) is 24.3 Å². The first kappa shape index (κ1) is 25.5. The lowest BCUT2D eigenvalue weighted by molar-refractivity contribution is -0.139. The molecule has 0 unspecified atom stereocenters. The van der Waals surface area contributed by atoms with Crippen molar-refractivity contribution in [1.82, 2.24) is 0 Å². The van der Waals surface area contributed by atoms with Gasteiger partial charge in [0.2, 0.25) is 0 Å². The number of hydrogen-bond acceptors (Lipinski definition) is 6. The lowest BCUT2D eigenvalue weighted by Crippen LogP contribution is -2.20. The maximum absolute atomic E-state index is 14.9. The fourth-order valence-corrected chi connectivity index (χ4v) is 5.71. The lowest BCUT2D eigenvalue weighted by Gasteiger charge is -2.19. The number of nitriles is 1. The van der Waals surface area contributed by atoms with Crippen LogP contribution in [0.1, 0.15) is 27.0 Å². The Hall–Kier alpha value is -3.63. The van der Waals surface area contributed by atoms with Crippen molar-refractivity contribution in [1.29, 1.82) is 5.26 Å². The van der Waals surface area contributed by atoms with Crippen LogP contribution in [-0.2, 0) is 27.5 Å². The van der Waals surface area contributed by atoms with Gasteiger partial charge in [-0.15, -0.1) is 0 Å². The summed E-state index contributed by atoms with van der Waals surface area (Å²) in [6.45, 7) is -0.406. The number of alkyl halides is 3. The van der Waals surface area contributed by atoms with E-state index >= 15 is 0 Å². The number of ether oxygens (including phenoxy) is 2. The molecule has 1 aliphatic rings. The number of nitrogens with one attached hydrogen (secondary N) is 1. The van der Waals surface area contributed by atoms with Crippen LogP contribution in [0.3, 0.4) is 0 Å². The number of benzene rings is 3. The van der Waals surface area contributed by atoms with Crippen molar-refractivity contribution < 1.29 is 40.2 Å². The third kappa shape index (κ3) is 4.61. The van der Waals surface area contributed by atoms with Crippen molar-refractivity contribution in [2.45, 2.75) is 17.7 Å². The number of carbonyl (C=O) groups is 1. The van der Waals surface area contributed by atoms with E-state index in [0.717, 1.165) is 19.2 Å². The fraction of sp³-hybridized carbons (Fsp3) is 0.130. The monoisotopic (exact) mass is 584 g/mol. The topological polar surface area (TPSA) is 105 Å². The summed E-state index contributed by atoms with van der Waals surface area (Å²) < 4.78 is 95.0. The molecule has 3 aromatic rings. The molecule has 0 fully saturated rings. The number of carbonyl (C=O) groups excluding carboxylic acids is 1. The van der Waals surface area contributed by atoms with Crippen LogP contribution in [-0.4, -0.2) is 21.5 Å². The summed E-state index contributed by atoms with van der Waals surface area (Å²) in [5.74, 6) is -3.00. The van der Waals surface area contributed by atoms with Crippen LogP contribution in [0.25, 0.3) is 11.1 Å². The standard InChI is InChI=1S/C23H13BrF4N2O5S/c1-34-21-16(24)5-14-8-19(21)36(32,33)30-18-7-13(6-17(25)20(18)23(26,27)28)15-4-11(9-29)2-3-12(15)10-35-22(14)31/h2-8,30H,10H2,1H3. The summed E-state index contributed by atoms with van der Waals surface area (Å²) in [6, 6.07) is 9.38. The van der Waals surface area contributed by atoms with Crippen molar-refractivity contribution >= 4 is 37.6 Å². The number of rotatable bonds is 1. The number of fused-ring (bicyclic) bond motifs is 6. The molecule has 0 aromatic heterocycles. The van der Waals surface area contributed by atoms with Crippen molar-refractivity contribution in [3.05, 3.63) is 75.0 Å². The highest BCUT2D eigenvalue weighted by Crippen LogP contribution is 2.42. The third-order valence-electron chi connectivity index (χ3n) is 5.27. The molecule has 4 rings (SSSR count). The number of halogens is 5. The average Bonchev–Trinajstić information content (AvgIpc) is 2.80. The maximum atomic E-state index is 14.9. The Morgan fingerprint density at radius 3 is 2.50 bits per heavy atom. The zero-order valence-corrected chi connectivity index (χ0v) is 20.4. The number of methoxy groups -OCH3 is 1. The highest BCUT2D eigenvalue weighted by atomic mass is 79.9. The normalized spacial score (nSPS) is 14.6. The molecule has 0 amide bonds. The Morgan fingerprint density at radius 1 is 1.14 bits per heavy atom. The van der Waals surface area contributed by atoms with E-state index in [4.69, 9.17) is 9.47 Å². The molecule has 0 atom stereocenters. The van der Waals surface area contributed by atoms with Crippen LogP contribution in [0.5, 0.6) is 5.75 Å². The predicted octanol–water partition coefficient (Wildman–Crippen LogP) is 5.63. The molecule has 7 nitrogen and oxygen atoms in total. The molecule has 0 spiro atoms. The van der Waals surface area contributed by atoms with Gasteiger partial charge in [-0.05, 0) is 69.0 Å². The van der Waals surface area contributed by atoms with Crippen LogP contribution in [0.4, 0.5) is 23.2 Å². The Balaban J connectivity index is 2.09. The van der Waals surface area contributed by atoms with Gasteiger partial charge in [0, 0.05) is 0 Å². The second-order valence-corrected chi connectivity index (χ2v) is 10.0. The van der Waals surface area contributed by atoms with E-state index < -0.39 is 50.7 Å². The molecule has 186 valence electrons. The van der Waals surface area contributed by atoms with E-state index in [2.05, 4.69) is 15.9 Å². The second-order valence-electron chi connectivity index (χ2n) is 7.53. The summed E-state index contributed by atoms with van der Waals surface area (Å²) in [4.78, 5) is 12.1. The summed E-state index contributed by atoms with van der Waals surface area (Å²) in [7, 11) is -3.75. The largest absolute Gasteiger partial charge is 0.494 e. The van der Waals surface area contributed by atoms with Gasteiger partial charge in [-0.3, -0.25) is 4.72 Å². The van der Waals surface area contributed by atoms with Crippen molar-refractivity contribution in [3.8, 4) is 22.9 Å². The zero-order valence-electron chi connectivity index (χ0n) is 18.0. The van der Waals surface area contributed by atoms with E-state index in [1.807, 2.05) is 6.07 Å². The first-order valence-corrected chi connectivity index (χ1v) is 12.1. The number of esters is 1. The molecule has 1 N–H and O–H groups in total. The number of anilines is 1. The van der Waals surface area contributed by atoms with Gasteiger partial charge in [0.1, 0.15) is 22.9 Å². The smallest absolute Gasteiger partial charge is 0.421 e. The van der Waals surface area contributed by atoms with Crippen LogP contribution in [0, 0.1) is 17.1 Å². The highest BCUT2D eigenvalue weighted by Gasteiger charge is 2.39. The van der Waals surface area contributed by atoms with Crippen molar-refractivity contribution in [3.63, 3.8) is 0 Å². The molecule has 0 saturated heterocycles. The van der Waals surface area contributed by atoms with Crippen molar-refractivity contribution in [2.75, 3.05) is 11.8 Å². The average molecular weight is 585 g/mol. The Labute approximate surface area is 210 Å². The predicted molar refractivity (Wildman–Crippen MR) is 122 cm³/mol. The van der Waals surface area contributed by atoms with Crippen LogP contribution in [0.2, 0.25) is 0 Å². The number of cyclic esters (lactones) is 1. The summed E-state index contributed by atoms with van der Waals surface area (Å²) in [6.07, 6.45) is -5.27. The van der Waals surface area contributed by atoms with Gasteiger partial charge in [-0.25, -0.2) is 17.6 Å². The molecule has 13 heteroatoms. The number of hydrogen-bond donors (Lipinski definition) is 1. The summed E-state index contributed by atoms with van der Waals surface area (Å²) in [5, 5.41) is 9.27. The van der Waals surface area contributed by atoms with Crippen molar-refractivity contribution in [2.24, 2.45) is 0 Å². The highest BCUT2D eigenvalue weighted by molar-refractivity contribution is 9.10. The molecule has 3 aromatic carbocycles. The minimum Gasteiger partial charge on any atom is -0.494 e. The van der Waals surface area contributed by atoms with E-state index in [-0.39, 0.29) is 38.0 Å². The third-order valence-corrected chi connectivity index (χ3v) is 7.23. The van der Waals surface area contributed by atoms with Gasteiger partial charge in [0.15, 0.2) is 5.75 Å². The molecule has 0 radical (unpaired) electrons. The van der Waals surface area contributed by atoms with Crippen LogP contribution < -0.4 is 9.46 Å². The lowest BCUT2D eigenvalue weighted by atomic mass is 9.95. The summed E-state index contributed by atoms with van der Waals surface area (Å²) in [5.41, 5.74) is -2.97. The Morgan fingerprint density at radius 2 is 1.86 bits per heavy atom. The molecular formula is C23H13BrF4N2O5S. The first-order valence-electron chi connectivity index (χ1n) is 9.87. The van der Waals surface area contributed by atoms with Crippen LogP contribution >= 0.6 is 15.9 Å². The molecule has 1 aliphatic heterocycles. The minimum atomic E-state index is -5.27. The number of nitrogens with zero attached hydrogens (tertiary/aromatic N) is 1. The molecule has 0 aliphatic carbocycles. The Bertz CT molecular complexity index is 1570. The Kier molecular flexibility index (Phi) is 6.44. The zero-order chi connectivity index (χ0) is 26.4. The van der Waals surface area contributed by atoms with E-state index in [1.54, 1.807) is 4.72 Å². The fourth-order valence-electron chi connectivity index (χ4n) is 3.68. The van der Waals surface area contributed by atoms with Gasteiger partial charge in [0.05, 0.1) is 34.5 Å². The SMILES string of the molecule is COc1c(Br)cc2cc1S(=O)(=O)Nc1cc(cc(F)c1C(F)(F)F)-c1cc(C#N)ccc1COC2=O. The minimum absolute atomic E-state index is 0.00438. The van der Waals surface area contributed by atoms with E-state index in [9.17, 15) is 36.0 Å². The van der Waals surface area contributed by atoms with Gasteiger partial charge < -0.3 is 9.47 Å². The number of sulfonamides is 1. The van der Waals surface area contributed by atoms with Gasteiger partial charge in [0.25, 0.3) is 10.0 Å². The quantitative estimate of drug-likeness (QED) is 0.294. The molecular weight excluding hydrogens is 572 g/mol. The molecule has 4 bridgehead atoms. The molecule has 0 saturated carbocycles. The van der Waals surface area contributed by atoms with Gasteiger partial charge in [-0.2, -0.15) is 18.4 Å². The second kappa shape index (κ2) is 9.11. The van der Waals surface area contributed by atoms with Crippen LogP contribution in [0.15, 0.2) is 51.8 Å². The first-order chi connectivity index (χ1) is 16.9. The maximum Gasteiger partial charge on any atom is 0.421 e.